The number of piperidine rings is 2. The van der Waals surface area contributed by atoms with Crippen LogP contribution in [0.2, 0.25) is 0 Å². The van der Waals surface area contributed by atoms with Gasteiger partial charge >= 0.3 is 0 Å². The third kappa shape index (κ3) is 3.18. The Kier molecular flexibility index (Phi) is 4.86. The van der Waals surface area contributed by atoms with Crippen LogP contribution in [0.3, 0.4) is 0 Å². The minimum atomic E-state index is 0.335. The topological polar surface area (TPSA) is 67.2 Å². The molecule has 2 atom stereocenters. The molecule has 1 amide bonds. The van der Waals surface area contributed by atoms with Crippen LogP contribution >= 0.6 is 0 Å². The molecule has 0 aliphatic carbocycles. The summed E-state index contributed by atoms with van der Waals surface area (Å²) in [6.45, 7) is 4.87. The Bertz CT molecular complexity index is 745. The maximum atomic E-state index is 12.4. The van der Waals surface area contributed by atoms with Crippen molar-refractivity contribution >= 4 is 11.9 Å². The average Bonchev–Trinajstić information content (AvgIpc) is 3.17. The van der Waals surface area contributed by atoms with Crippen LogP contribution < -0.4 is 4.90 Å². The molecule has 0 N–H and O–H groups in total. The molecule has 2 fully saturated rings. The molecule has 138 valence electrons. The van der Waals surface area contributed by atoms with Crippen molar-refractivity contribution in [2.75, 3.05) is 24.5 Å². The summed E-state index contributed by atoms with van der Waals surface area (Å²) in [6.07, 6.45) is 4.84. The minimum Gasteiger partial charge on any atom is -0.339 e. The van der Waals surface area contributed by atoms with Gasteiger partial charge in [-0.1, -0.05) is 36.6 Å². The van der Waals surface area contributed by atoms with Crippen LogP contribution in [0.4, 0.5) is 5.95 Å². The molecule has 4 rings (SSSR count). The first-order chi connectivity index (χ1) is 12.8. The van der Waals surface area contributed by atoms with Gasteiger partial charge in [-0.15, -0.1) is 0 Å². The molecule has 2 aromatic rings. The summed E-state index contributed by atoms with van der Waals surface area (Å²) in [4.78, 5) is 16.8. The van der Waals surface area contributed by atoms with Crippen molar-refractivity contribution in [1.82, 2.24) is 25.1 Å². The first-order valence-corrected chi connectivity index (χ1v) is 9.66. The van der Waals surface area contributed by atoms with Gasteiger partial charge < -0.3 is 9.80 Å². The van der Waals surface area contributed by atoms with E-state index in [0.717, 1.165) is 57.0 Å². The number of para-hydroxylation sites is 1. The lowest BCUT2D eigenvalue weighted by atomic mass is 9.83. The van der Waals surface area contributed by atoms with E-state index in [1.54, 1.807) is 0 Å². The van der Waals surface area contributed by atoms with Crippen molar-refractivity contribution in [2.24, 2.45) is 5.92 Å². The minimum absolute atomic E-state index is 0.335. The van der Waals surface area contributed by atoms with E-state index in [1.807, 2.05) is 35.0 Å². The molecule has 0 radical (unpaired) electrons. The molecule has 7 nitrogen and oxygen atoms in total. The number of nitrogens with zero attached hydrogens (tertiary/aromatic N) is 6. The van der Waals surface area contributed by atoms with Crippen LogP contribution in [0.1, 0.15) is 39.0 Å². The second-order valence-electron chi connectivity index (χ2n) is 7.27. The molecule has 26 heavy (non-hydrogen) atoms. The number of rotatable bonds is 5. The Morgan fingerprint density at radius 3 is 2.85 bits per heavy atom. The van der Waals surface area contributed by atoms with Crippen molar-refractivity contribution in [3.05, 3.63) is 30.3 Å². The second kappa shape index (κ2) is 7.43. The molecule has 2 saturated heterocycles. The summed E-state index contributed by atoms with van der Waals surface area (Å²) in [5, 5.41) is 12.4. The van der Waals surface area contributed by atoms with Gasteiger partial charge in [0.25, 0.3) is 0 Å². The predicted molar refractivity (Wildman–Crippen MR) is 99.1 cm³/mol. The third-order valence-electron chi connectivity index (χ3n) is 5.63. The molecule has 7 heteroatoms. The predicted octanol–water partition coefficient (Wildman–Crippen LogP) is 2.28. The molecular weight excluding hydrogens is 328 g/mol. The van der Waals surface area contributed by atoms with Crippen LogP contribution in [0.5, 0.6) is 0 Å². The third-order valence-corrected chi connectivity index (χ3v) is 5.63. The summed E-state index contributed by atoms with van der Waals surface area (Å²) < 4.78 is 1.81. The number of anilines is 1. The molecule has 0 bridgehead atoms. The van der Waals surface area contributed by atoms with E-state index >= 15 is 0 Å². The standard InChI is InChI=1S/C19H26N6O/c1-2-3-12-24-17-11-13-23(14-15(17)9-10-18(24)26)19-20-21-22-25(19)16-7-5-4-6-8-16/h4-8,15,17H,2-3,9-14H2,1H3/t15-,17+/m0/s1. The van der Waals surface area contributed by atoms with E-state index < -0.39 is 0 Å². The SMILES string of the molecule is CCCCN1C(=O)CC[C@H]2CN(c3nnnn3-c3ccccc3)CC[C@H]21. The average molecular weight is 354 g/mol. The Morgan fingerprint density at radius 1 is 1.19 bits per heavy atom. The number of hydrogen-bond acceptors (Lipinski definition) is 5. The lowest BCUT2D eigenvalue weighted by molar-refractivity contribution is -0.139. The smallest absolute Gasteiger partial charge is 0.250 e. The Labute approximate surface area is 154 Å². The summed E-state index contributed by atoms with van der Waals surface area (Å²) in [5.41, 5.74) is 0.970. The fraction of sp³-hybridized carbons (Fsp3) is 0.579. The van der Waals surface area contributed by atoms with Gasteiger partial charge in [0.15, 0.2) is 0 Å². The van der Waals surface area contributed by atoms with Gasteiger partial charge in [-0.05, 0) is 47.7 Å². The number of unbranched alkanes of at least 4 members (excludes halogenated alkanes) is 1. The number of hydrogen-bond donors (Lipinski definition) is 0. The highest BCUT2D eigenvalue weighted by atomic mass is 16.2. The molecule has 1 aromatic carbocycles. The Balaban J connectivity index is 1.51. The highest BCUT2D eigenvalue weighted by Crippen LogP contribution is 2.33. The molecule has 1 aromatic heterocycles. The molecule has 0 unspecified atom stereocenters. The summed E-state index contributed by atoms with van der Waals surface area (Å²) in [6, 6.07) is 10.4. The van der Waals surface area contributed by atoms with E-state index in [9.17, 15) is 4.79 Å². The van der Waals surface area contributed by atoms with Crippen molar-refractivity contribution in [3.63, 3.8) is 0 Å². The Morgan fingerprint density at radius 2 is 2.04 bits per heavy atom. The van der Waals surface area contributed by atoms with Gasteiger partial charge in [-0.25, -0.2) is 0 Å². The lowest BCUT2D eigenvalue weighted by Crippen LogP contribution is -2.56. The highest BCUT2D eigenvalue weighted by Gasteiger charge is 2.39. The van der Waals surface area contributed by atoms with E-state index in [2.05, 4.69) is 32.2 Å². The zero-order valence-corrected chi connectivity index (χ0v) is 15.3. The molecular formula is C19H26N6O. The summed E-state index contributed by atoms with van der Waals surface area (Å²) >= 11 is 0. The fourth-order valence-corrected chi connectivity index (χ4v) is 4.27. The molecule has 3 heterocycles. The van der Waals surface area contributed by atoms with Gasteiger partial charge in [-0.3, -0.25) is 4.79 Å². The van der Waals surface area contributed by atoms with Gasteiger partial charge in [0, 0.05) is 32.1 Å². The fourth-order valence-electron chi connectivity index (χ4n) is 4.27. The highest BCUT2D eigenvalue weighted by molar-refractivity contribution is 5.77. The van der Waals surface area contributed by atoms with Crippen molar-refractivity contribution in [3.8, 4) is 5.69 Å². The van der Waals surface area contributed by atoms with Crippen LogP contribution in [-0.4, -0.2) is 56.7 Å². The van der Waals surface area contributed by atoms with E-state index in [-0.39, 0.29) is 0 Å². The molecule has 2 aliphatic rings. The van der Waals surface area contributed by atoms with Gasteiger partial charge in [0.1, 0.15) is 0 Å². The van der Waals surface area contributed by atoms with Crippen molar-refractivity contribution < 1.29 is 4.79 Å². The largest absolute Gasteiger partial charge is 0.339 e. The molecule has 2 aliphatic heterocycles. The maximum absolute atomic E-state index is 12.4. The number of fused-ring (bicyclic) bond motifs is 1. The van der Waals surface area contributed by atoms with Gasteiger partial charge in [0.2, 0.25) is 11.9 Å². The number of amides is 1. The van der Waals surface area contributed by atoms with Crippen LogP contribution in [0, 0.1) is 5.92 Å². The first kappa shape index (κ1) is 17.0. The second-order valence-corrected chi connectivity index (χ2v) is 7.27. The zero-order valence-electron chi connectivity index (χ0n) is 15.3. The zero-order chi connectivity index (χ0) is 17.9. The summed E-state index contributed by atoms with van der Waals surface area (Å²) in [5.74, 6) is 1.63. The van der Waals surface area contributed by atoms with Gasteiger partial charge in [0.05, 0.1) is 5.69 Å². The van der Waals surface area contributed by atoms with Gasteiger partial charge in [-0.2, -0.15) is 4.68 Å². The van der Waals surface area contributed by atoms with Crippen LogP contribution in [-0.2, 0) is 4.79 Å². The maximum Gasteiger partial charge on any atom is 0.250 e. The molecule has 0 spiro atoms. The van der Waals surface area contributed by atoms with Crippen molar-refractivity contribution in [1.29, 1.82) is 0 Å². The normalized spacial score (nSPS) is 23.2. The monoisotopic (exact) mass is 354 g/mol. The number of tetrazole rings is 1. The first-order valence-electron chi connectivity index (χ1n) is 9.66. The quantitative estimate of drug-likeness (QED) is 0.824. The van der Waals surface area contributed by atoms with Crippen LogP contribution in [0.25, 0.3) is 5.69 Å². The summed E-state index contributed by atoms with van der Waals surface area (Å²) in [7, 11) is 0. The number of carbonyl (C=O) groups excluding carboxylic acids is 1. The number of aromatic nitrogens is 4. The van der Waals surface area contributed by atoms with E-state index in [4.69, 9.17) is 0 Å². The number of benzene rings is 1. The van der Waals surface area contributed by atoms with Crippen molar-refractivity contribution in [2.45, 2.75) is 45.1 Å². The Hall–Kier alpha value is -2.44. The molecule has 0 saturated carbocycles. The van der Waals surface area contributed by atoms with E-state index in [0.29, 0.717) is 24.3 Å². The number of carbonyl (C=O) groups is 1. The van der Waals surface area contributed by atoms with E-state index in [1.165, 1.54) is 0 Å². The van der Waals surface area contributed by atoms with Crippen LogP contribution in [0.15, 0.2) is 30.3 Å². The lowest BCUT2D eigenvalue weighted by Gasteiger charge is -2.47. The number of likely N-dealkylation sites (tertiary alicyclic amines) is 1.